The summed E-state index contributed by atoms with van der Waals surface area (Å²) in [6.07, 6.45) is 0.836. The Balaban J connectivity index is 2.19. The lowest BCUT2D eigenvalue weighted by atomic mass is 10.3. The summed E-state index contributed by atoms with van der Waals surface area (Å²) in [6.45, 7) is 2.58. The molecular weight excluding hydrogens is 282 g/mol. The van der Waals surface area contributed by atoms with Gasteiger partial charge in [0.15, 0.2) is 11.6 Å². The Bertz CT molecular complexity index is 495. The molecule has 1 aromatic carbocycles. The summed E-state index contributed by atoms with van der Waals surface area (Å²) in [5.41, 5.74) is 0.187. The molecule has 0 fully saturated rings. The van der Waals surface area contributed by atoms with E-state index >= 15 is 0 Å². The van der Waals surface area contributed by atoms with Crippen LogP contribution in [0.5, 0.6) is 0 Å². The van der Waals surface area contributed by atoms with Crippen LogP contribution < -0.4 is 10.6 Å². The highest BCUT2D eigenvalue weighted by atomic mass is 19.2. The number of ether oxygens (including phenoxy) is 1. The third-order valence-corrected chi connectivity index (χ3v) is 2.53. The van der Waals surface area contributed by atoms with Gasteiger partial charge in [0.25, 0.3) is 0 Å². The van der Waals surface area contributed by atoms with Crippen molar-refractivity contribution in [1.82, 2.24) is 5.32 Å². The third kappa shape index (κ3) is 6.80. The van der Waals surface area contributed by atoms with Gasteiger partial charge in [-0.3, -0.25) is 9.59 Å². The molecular formula is C14H18F2N2O3. The Labute approximate surface area is 121 Å². The maximum atomic E-state index is 12.9. The van der Waals surface area contributed by atoms with Gasteiger partial charge in [0.05, 0.1) is 13.2 Å². The lowest BCUT2D eigenvalue weighted by molar-refractivity contribution is -0.143. The molecule has 1 aromatic rings. The quantitative estimate of drug-likeness (QED) is 0.568. The first-order valence-electron chi connectivity index (χ1n) is 6.64. The van der Waals surface area contributed by atoms with E-state index in [4.69, 9.17) is 4.74 Å². The molecule has 0 aromatic heterocycles. The highest BCUT2D eigenvalue weighted by molar-refractivity contribution is 5.92. The molecule has 0 aliphatic rings. The van der Waals surface area contributed by atoms with E-state index in [9.17, 15) is 18.4 Å². The number of hydrogen-bond acceptors (Lipinski definition) is 4. The molecule has 0 aliphatic heterocycles. The van der Waals surface area contributed by atoms with Crippen LogP contribution in [0.3, 0.4) is 0 Å². The second kappa shape index (κ2) is 9.02. The summed E-state index contributed by atoms with van der Waals surface area (Å²) in [7, 11) is 0. The minimum Gasteiger partial charge on any atom is -0.466 e. The molecule has 21 heavy (non-hydrogen) atoms. The van der Waals surface area contributed by atoms with E-state index in [-0.39, 0.29) is 30.5 Å². The van der Waals surface area contributed by atoms with Crippen LogP contribution in [-0.2, 0) is 14.3 Å². The third-order valence-electron chi connectivity index (χ3n) is 2.53. The molecule has 0 saturated carbocycles. The predicted octanol–water partition coefficient (Wildman–Crippen LogP) is 1.84. The second-order valence-electron chi connectivity index (χ2n) is 4.26. The Hall–Kier alpha value is -2.02. The van der Waals surface area contributed by atoms with Crippen molar-refractivity contribution in [2.75, 3.05) is 25.0 Å². The summed E-state index contributed by atoms with van der Waals surface area (Å²) in [5.74, 6) is -2.64. The minimum atomic E-state index is -1.02. The van der Waals surface area contributed by atoms with Gasteiger partial charge in [-0.25, -0.2) is 8.78 Å². The van der Waals surface area contributed by atoms with Crippen LogP contribution in [0.2, 0.25) is 0 Å². The first-order valence-corrected chi connectivity index (χ1v) is 6.64. The fraction of sp³-hybridized carbons (Fsp3) is 0.429. The monoisotopic (exact) mass is 300 g/mol. The van der Waals surface area contributed by atoms with Crippen LogP contribution in [0.1, 0.15) is 19.8 Å². The fourth-order valence-electron chi connectivity index (χ4n) is 1.57. The molecule has 2 N–H and O–H groups in total. The van der Waals surface area contributed by atoms with Gasteiger partial charge in [-0.05, 0) is 32.0 Å². The van der Waals surface area contributed by atoms with Gasteiger partial charge >= 0.3 is 5.97 Å². The van der Waals surface area contributed by atoms with Crippen LogP contribution in [-0.4, -0.2) is 31.6 Å². The van der Waals surface area contributed by atoms with Gasteiger partial charge in [-0.15, -0.1) is 0 Å². The van der Waals surface area contributed by atoms with Crippen molar-refractivity contribution in [3.8, 4) is 0 Å². The number of anilines is 1. The highest BCUT2D eigenvalue weighted by Gasteiger charge is 2.06. The molecule has 0 bridgehead atoms. The van der Waals surface area contributed by atoms with Crippen molar-refractivity contribution in [3.63, 3.8) is 0 Å². The van der Waals surface area contributed by atoms with Gasteiger partial charge in [-0.1, -0.05) is 0 Å². The topological polar surface area (TPSA) is 67.4 Å². The molecule has 116 valence electrons. The molecule has 0 radical (unpaired) electrons. The van der Waals surface area contributed by atoms with Crippen molar-refractivity contribution in [2.45, 2.75) is 19.8 Å². The number of halogens is 2. The number of nitrogens with one attached hydrogen (secondary N) is 2. The van der Waals surface area contributed by atoms with Crippen molar-refractivity contribution >= 4 is 17.6 Å². The molecule has 0 saturated heterocycles. The molecule has 1 amide bonds. The van der Waals surface area contributed by atoms with Crippen LogP contribution in [0.15, 0.2) is 18.2 Å². The molecule has 7 heteroatoms. The van der Waals surface area contributed by atoms with Crippen LogP contribution in [0.4, 0.5) is 14.5 Å². The van der Waals surface area contributed by atoms with Gasteiger partial charge in [0.2, 0.25) is 5.91 Å². The van der Waals surface area contributed by atoms with Crippen LogP contribution in [0.25, 0.3) is 0 Å². The Morgan fingerprint density at radius 2 is 2.00 bits per heavy atom. The zero-order valence-corrected chi connectivity index (χ0v) is 11.7. The maximum Gasteiger partial charge on any atom is 0.305 e. The number of hydrogen-bond donors (Lipinski definition) is 2. The first-order chi connectivity index (χ1) is 10.0. The Morgan fingerprint density at radius 3 is 2.67 bits per heavy atom. The highest BCUT2D eigenvalue weighted by Crippen LogP contribution is 2.12. The van der Waals surface area contributed by atoms with Gasteiger partial charge < -0.3 is 15.4 Å². The second-order valence-corrected chi connectivity index (χ2v) is 4.26. The summed E-state index contributed by atoms with van der Waals surface area (Å²) < 4.78 is 30.4. The predicted molar refractivity (Wildman–Crippen MR) is 73.7 cm³/mol. The number of benzene rings is 1. The summed E-state index contributed by atoms with van der Waals surface area (Å²) in [4.78, 5) is 22.6. The first kappa shape index (κ1) is 17.0. The van der Waals surface area contributed by atoms with Crippen molar-refractivity contribution in [1.29, 1.82) is 0 Å². The van der Waals surface area contributed by atoms with Crippen molar-refractivity contribution < 1.29 is 23.1 Å². The van der Waals surface area contributed by atoms with E-state index in [1.807, 2.05) is 0 Å². The van der Waals surface area contributed by atoms with Crippen LogP contribution in [0, 0.1) is 11.6 Å². The molecule has 1 rings (SSSR count). The number of rotatable bonds is 8. The Kier molecular flexibility index (Phi) is 7.31. The standard InChI is InChI=1S/C14H18F2N2O3/c1-2-21-14(20)4-3-7-17-9-13(19)18-10-5-6-11(15)12(16)8-10/h5-6,8,17H,2-4,7,9H2,1H3,(H,18,19). The molecule has 0 unspecified atom stereocenters. The molecule has 0 spiro atoms. The maximum absolute atomic E-state index is 12.9. The molecule has 0 atom stereocenters. The van der Waals surface area contributed by atoms with E-state index in [1.54, 1.807) is 6.92 Å². The zero-order chi connectivity index (χ0) is 15.7. The zero-order valence-electron chi connectivity index (χ0n) is 11.7. The summed E-state index contributed by atoms with van der Waals surface area (Å²) in [5, 5.41) is 5.27. The van der Waals surface area contributed by atoms with Crippen LogP contribution >= 0.6 is 0 Å². The van der Waals surface area contributed by atoms with Crippen molar-refractivity contribution in [2.24, 2.45) is 0 Å². The lowest BCUT2D eigenvalue weighted by Crippen LogP contribution is -2.29. The average molecular weight is 300 g/mol. The SMILES string of the molecule is CCOC(=O)CCCNCC(=O)Nc1ccc(F)c(F)c1. The minimum absolute atomic E-state index is 0.0157. The fourth-order valence-corrected chi connectivity index (χ4v) is 1.57. The molecule has 5 nitrogen and oxygen atoms in total. The average Bonchev–Trinajstić information content (AvgIpc) is 2.43. The van der Waals surface area contributed by atoms with Gasteiger partial charge in [-0.2, -0.15) is 0 Å². The number of carbonyl (C=O) groups is 2. The summed E-state index contributed by atoms with van der Waals surface area (Å²) >= 11 is 0. The van der Waals surface area contributed by atoms with E-state index in [0.29, 0.717) is 19.6 Å². The number of esters is 1. The largest absolute Gasteiger partial charge is 0.466 e. The van der Waals surface area contributed by atoms with Gasteiger partial charge in [0.1, 0.15) is 0 Å². The van der Waals surface area contributed by atoms with Gasteiger partial charge in [0, 0.05) is 18.2 Å². The summed E-state index contributed by atoms with van der Waals surface area (Å²) in [6, 6.07) is 3.13. The van der Waals surface area contributed by atoms with Crippen molar-refractivity contribution in [3.05, 3.63) is 29.8 Å². The Morgan fingerprint density at radius 1 is 1.24 bits per heavy atom. The van der Waals surface area contributed by atoms with E-state index in [2.05, 4.69) is 10.6 Å². The lowest BCUT2D eigenvalue weighted by Gasteiger charge is -2.07. The smallest absolute Gasteiger partial charge is 0.305 e. The normalized spacial score (nSPS) is 10.2. The van der Waals surface area contributed by atoms with E-state index < -0.39 is 11.6 Å². The molecule has 0 aliphatic carbocycles. The number of carbonyl (C=O) groups excluding carboxylic acids is 2. The molecule has 0 heterocycles. The van der Waals surface area contributed by atoms with E-state index in [0.717, 1.165) is 12.1 Å². The number of amides is 1. The van der Waals surface area contributed by atoms with E-state index in [1.165, 1.54) is 6.07 Å².